The predicted molar refractivity (Wildman–Crippen MR) is 180 cm³/mol. The number of aromatic nitrogens is 6. The van der Waals surface area contributed by atoms with Gasteiger partial charge in [-0.1, -0.05) is 84.4 Å². The van der Waals surface area contributed by atoms with Gasteiger partial charge in [0.05, 0.1) is 35.9 Å². The van der Waals surface area contributed by atoms with Gasteiger partial charge in [0.2, 0.25) is 0 Å². The maximum atomic E-state index is 6.32. The molecule has 240 valence electrons. The topological polar surface area (TPSA) is 90.9 Å². The van der Waals surface area contributed by atoms with Gasteiger partial charge in [0.25, 0.3) is 0 Å². The molecule has 0 saturated heterocycles. The van der Waals surface area contributed by atoms with Crippen molar-refractivity contribution in [3.63, 3.8) is 0 Å². The SMILES string of the molecule is CCCCN(Cc1cn(C2CCCc3oc(-c4ccccc4)cc32)nn1)Cc1cn(C2CCCc3oc(-c4ccccc4)cc32)nn1. The van der Waals surface area contributed by atoms with Crippen molar-refractivity contribution in [2.75, 3.05) is 6.54 Å². The van der Waals surface area contributed by atoms with Crippen LogP contribution in [0.25, 0.3) is 22.6 Å². The fourth-order valence-electron chi connectivity index (χ4n) is 7.23. The van der Waals surface area contributed by atoms with Gasteiger partial charge in [-0.2, -0.15) is 0 Å². The number of fused-ring (bicyclic) bond motifs is 2. The molecule has 4 aromatic heterocycles. The molecular weight excluding hydrogens is 586 g/mol. The predicted octanol–water partition coefficient (Wildman–Crippen LogP) is 8.04. The van der Waals surface area contributed by atoms with E-state index < -0.39 is 0 Å². The summed E-state index contributed by atoms with van der Waals surface area (Å²) < 4.78 is 16.7. The van der Waals surface area contributed by atoms with Crippen molar-refractivity contribution in [1.29, 1.82) is 0 Å². The van der Waals surface area contributed by atoms with Gasteiger partial charge < -0.3 is 8.83 Å². The molecule has 0 radical (unpaired) electrons. The minimum absolute atomic E-state index is 0.135. The molecule has 9 nitrogen and oxygen atoms in total. The Morgan fingerprint density at radius 3 is 1.66 bits per heavy atom. The highest BCUT2D eigenvalue weighted by molar-refractivity contribution is 5.60. The number of hydrogen-bond acceptors (Lipinski definition) is 7. The van der Waals surface area contributed by atoms with Crippen LogP contribution in [0.2, 0.25) is 0 Å². The molecule has 0 amide bonds. The molecule has 0 N–H and O–H groups in total. The van der Waals surface area contributed by atoms with Crippen LogP contribution in [0.15, 0.2) is 94.0 Å². The van der Waals surface area contributed by atoms with E-state index >= 15 is 0 Å². The van der Waals surface area contributed by atoms with Crippen LogP contribution in [0.3, 0.4) is 0 Å². The summed E-state index contributed by atoms with van der Waals surface area (Å²) in [6, 6.07) is 25.3. The fourth-order valence-corrected chi connectivity index (χ4v) is 7.23. The second-order valence-electron chi connectivity index (χ2n) is 13.0. The van der Waals surface area contributed by atoms with Crippen molar-refractivity contribution in [3.8, 4) is 22.6 Å². The van der Waals surface area contributed by atoms with Crippen LogP contribution < -0.4 is 0 Å². The van der Waals surface area contributed by atoms with Crippen molar-refractivity contribution in [1.82, 2.24) is 34.9 Å². The van der Waals surface area contributed by atoms with E-state index in [1.807, 2.05) is 21.5 Å². The summed E-state index contributed by atoms with van der Waals surface area (Å²) in [5.41, 5.74) is 6.60. The Hall–Kier alpha value is -4.76. The Bertz CT molecular complexity index is 1780. The van der Waals surface area contributed by atoms with Crippen LogP contribution in [0.5, 0.6) is 0 Å². The average Bonchev–Trinajstić information content (AvgIpc) is 3.94. The van der Waals surface area contributed by atoms with Gasteiger partial charge in [-0.3, -0.25) is 4.90 Å². The van der Waals surface area contributed by atoms with Crippen LogP contribution in [0.4, 0.5) is 0 Å². The third kappa shape index (κ3) is 6.20. The highest BCUT2D eigenvalue weighted by atomic mass is 16.3. The average molecular weight is 628 g/mol. The lowest BCUT2D eigenvalue weighted by Crippen LogP contribution is -2.24. The molecule has 2 aliphatic carbocycles. The van der Waals surface area contributed by atoms with Gasteiger partial charge in [0.15, 0.2) is 0 Å². The molecule has 0 fully saturated rings. The Morgan fingerprint density at radius 1 is 0.702 bits per heavy atom. The number of hydrogen-bond donors (Lipinski definition) is 0. The second kappa shape index (κ2) is 13.2. The number of unbranched alkanes of at least 4 members (excludes halogenated alkanes) is 1. The first-order valence-corrected chi connectivity index (χ1v) is 17.1. The number of rotatable bonds is 11. The Kier molecular flexibility index (Phi) is 8.29. The third-order valence-electron chi connectivity index (χ3n) is 9.63. The smallest absolute Gasteiger partial charge is 0.134 e. The Balaban J connectivity index is 0.976. The second-order valence-corrected chi connectivity index (χ2v) is 13.0. The maximum Gasteiger partial charge on any atom is 0.134 e. The maximum absolute atomic E-state index is 6.32. The zero-order valence-electron chi connectivity index (χ0n) is 27.0. The summed E-state index contributed by atoms with van der Waals surface area (Å²) in [6.07, 6.45) is 12.6. The lowest BCUT2D eigenvalue weighted by Gasteiger charge is -2.22. The largest absolute Gasteiger partial charge is 0.461 e. The van der Waals surface area contributed by atoms with Crippen LogP contribution in [0, 0.1) is 0 Å². The molecule has 6 aromatic rings. The summed E-state index contributed by atoms with van der Waals surface area (Å²) in [4.78, 5) is 2.42. The monoisotopic (exact) mass is 627 g/mol. The molecule has 0 saturated carbocycles. The molecule has 8 rings (SSSR count). The first-order valence-electron chi connectivity index (χ1n) is 17.1. The van der Waals surface area contributed by atoms with E-state index in [9.17, 15) is 0 Å². The molecule has 9 heteroatoms. The van der Waals surface area contributed by atoms with E-state index in [-0.39, 0.29) is 12.1 Å². The summed E-state index contributed by atoms with van der Waals surface area (Å²) >= 11 is 0. The number of nitrogens with zero attached hydrogens (tertiary/aromatic N) is 7. The van der Waals surface area contributed by atoms with Gasteiger partial charge in [0.1, 0.15) is 23.0 Å². The van der Waals surface area contributed by atoms with Crippen LogP contribution in [0.1, 0.15) is 91.6 Å². The standard InChI is InChI=1S/C38H41N7O2/c1-2-3-20-43(23-29-25-44(41-39-29)33-16-10-18-35-31(33)21-37(46-35)27-12-6-4-7-13-27)24-30-26-45(42-40-30)34-17-11-19-36-32(34)22-38(47-36)28-14-8-5-9-15-28/h4-9,12-15,21-22,25-26,33-34H,2-3,10-11,16-20,23-24H2,1H3. The van der Waals surface area contributed by atoms with E-state index in [4.69, 9.17) is 8.83 Å². The zero-order valence-corrected chi connectivity index (χ0v) is 27.0. The van der Waals surface area contributed by atoms with Gasteiger partial charge in [-0.25, -0.2) is 9.36 Å². The number of aryl methyl sites for hydroxylation is 2. The summed E-state index contributed by atoms with van der Waals surface area (Å²) in [5, 5.41) is 18.5. The molecule has 47 heavy (non-hydrogen) atoms. The highest BCUT2D eigenvalue weighted by Crippen LogP contribution is 2.39. The zero-order chi connectivity index (χ0) is 31.6. The van der Waals surface area contributed by atoms with Gasteiger partial charge in [0, 0.05) is 48.2 Å². The van der Waals surface area contributed by atoms with Crippen molar-refractivity contribution in [2.45, 2.75) is 83.5 Å². The van der Waals surface area contributed by atoms with Crippen molar-refractivity contribution in [3.05, 3.63) is 119 Å². The first kappa shape index (κ1) is 29.6. The summed E-state index contributed by atoms with van der Waals surface area (Å²) in [5.74, 6) is 3.99. The van der Waals surface area contributed by atoms with E-state index in [0.717, 1.165) is 103 Å². The Labute approximate surface area is 275 Å². The third-order valence-corrected chi connectivity index (χ3v) is 9.63. The number of furan rings is 2. The summed E-state index contributed by atoms with van der Waals surface area (Å²) in [7, 11) is 0. The minimum atomic E-state index is 0.135. The molecule has 0 spiro atoms. The van der Waals surface area contributed by atoms with Crippen molar-refractivity contribution in [2.24, 2.45) is 0 Å². The lowest BCUT2D eigenvalue weighted by molar-refractivity contribution is 0.246. The normalized spacial score (nSPS) is 17.6. The molecule has 0 aliphatic heterocycles. The van der Waals surface area contributed by atoms with E-state index in [1.165, 1.54) is 11.1 Å². The first-order chi connectivity index (χ1) is 23.2. The van der Waals surface area contributed by atoms with E-state index in [2.05, 4.69) is 106 Å². The van der Waals surface area contributed by atoms with Crippen LogP contribution >= 0.6 is 0 Å². The molecular formula is C38H41N7O2. The lowest BCUT2D eigenvalue weighted by atomic mass is 9.93. The quantitative estimate of drug-likeness (QED) is 0.144. The molecule has 4 heterocycles. The molecule has 2 unspecified atom stereocenters. The summed E-state index contributed by atoms with van der Waals surface area (Å²) in [6.45, 7) is 4.61. The fraction of sp³-hybridized carbons (Fsp3) is 0.368. The Morgan fingerprint density at radius 2 is 1.19 bits per heavy atom. The molecule has 2 atom stereocenters. The molecule has 0 bridgehead atoms. The van der Waals surface area contributed by atoms with Gasteiger partial charge >= 0.3 is 0 Å². The highest BCUT2D eigenvalue weighted by Gasteiger charge is 2.29. The number of benzene rings is 2. The van der Waals surface area contributed by atoms with Crippen LogP contribution in [-0.4, -0.2) is 41.4 Å². The molecule has 2 aliphatic rings. The molecule has 2 aromatic carbocycles. The van der Waals surface area contributed by atoms with Crippen LogP contribution in [-0.2, 0) is 25.9 Å². The van der Waals surface area contributed by atoms with Crippen molar-refractivity contribution >= 4 is 0 Å². The van der Waals surface area contributed by atoms with Gasteiger partial charge in [-0.15, -0.1) is 10.2 Å². The van der Waals surface area contributed by atoms with Gasteiger partial charge in [-0.05, 0) is 50.8 Å². The van der Waals surface area contributed by atoms with Crippen molar-refractivity contribution < 1.29 is 8.83 Å². The van der Waals surface area contributed by atoms with E-state index in [1.54, 1.807) is 0 Å². The van der Waals surface area contributed by atoms with E-state index in [0.29, 0.717) is 13.1 Å². The minimum Gasteiger partial charge on any atom is -0.461 e.